The van der Waals surface area contributed by atoms with Crippen molar-refractivity contribution in [3.05, 3.63) is 27.1 Å². The van der Waals surface area contributed by atoms with Crippen molar-refractivity contribution in [2.45, 2.75) is 20.3 Å². The molecule has 104 valence electrons. The Hall–Kier alpha value is -1.96. The normalized spacial score (nSPS) is 13.6. The fourth-order valence-corrected chi connectivity index (χ4v) is 1.97. The van der Waals surface area contributed by atoms with Gasteiger partial charge >= 0.3 is 11.0 Å². The molecular formula is C11H14N2O5S. The van der Waals surface area contributed by atoms with E-state index in [-0.39, 0.29) is 17.1 Å². The van der Waals surface area contributed by atoms with Gasteiger partial charge in [0.05, 0.1) is 15.9 Å². The number of carboxylic acid groups (broad SMARTS) is 1. The van der Waals surface area contributed by atoms with Gasteiger partial charge in [-0.1, -0.05) is 18.3 Å². The Labute approximate surface area is 113 Å². The Kier molecular flexibility index (Phi) is 4.60. The minimum Gasteiger partial charge on any atom is -0.481 e. The maximum absolute atomic E-state index is 11.7. The number of rotatable bonds is 6. The van der Waals surface area contributed by atoms with E-state index in [4.69, 9.17) is 5.11 Å². The number of thiophene rings is 1. The highest BCUT2D eigenvalue weighted by Gasteiger charge is 2.31. The van der Waals surface area contributed by atoms with Crippen LogP contribution < -0.4 is 5.32 Å². The van der Waals surface area contributed by atoms with Crippen LogP contribution >= 0.6 is 11.3 Å². The van der Waals surface area contributed by atoms with Crippen molar-refractivity contribution in [1.82, 2.24) is 5.32 Å². The predicted octanol–water partition coefficient (Wildman–Crippen LogP) is 1.89. The first-order valence-electron chi connectivity index (χ1n) is 5.54. The van der Waals surface area contributed by atoms with Gasteiger partial charge in [-0.2, -0.15) is 0 Å². The second-order valence-corrected chi connectivity index (χ2v) is 5.22. The molecule has 1 aromatic heterocycles. The molecule has 1 atom stereocenters. The number of carbonyl (C=O) groups is 2. The highest BCUT2D eigenvalue weighted by atomic mass is 32.1. The SMILES string of the molecule is CCC(C)(CNC(=O)c1csc([N+](=O)[O-])c1)C(=O)O. The Balaban J connectivity index is 2.69. The Morgan fingerprint density at radius 1 is 1.58 bits per heavy atom. The molecule has 1 unspecified atom stereocenters. The van der Waals surface area contributed by atoms with Crippen molar-refractivity contribution >= 4 is 28.2 Å². The van der Waals surface area contributed by atoms with Gasteiger partial charge in [0, 0.05) is 18.0 Å². The lowest BCUT2D eigenvalue weighted by atomic mass is 9.87. The summed E-state index contributed by atoms with van der Waals surface area (Å²) in [6.07, 6.45) is 0.367. The van der Waals surface area contributed by atoms with Crippen LogP contribution in [0, 0.1) is 15.5 Å². The quantitative estimate of drug-likeness (QED) is 0.613. The first-order valence-corrected chi connectivity index (χ1v) is 6.42. The van der Waals surface area contributed by atoms with E-state index >= 15 is 0 Å². The highest BCUT2D eigenvalue weighted by molar-refractivity contribution is 7.13. The number of nitrogens with one attached hydrogen (secondary N) is 1. The first-order chi connectivity index (χ1) is 8.80. The summed E-state index contributed by atoms with van der Waals surface area (Å²) in [4.78, 5) is 32.7. The van der Waals surface area contributed by atoms with Crippen LogP contribution in [0.25, 0.3) is 0 Å². The zero-order valence-corrected chi connectivity index (χ0v) is 11.3. The average molecular weight is 286 g/mol. The van der Waals surface area contributed by atoms with Crippen molar-refractivity contribution in [2.24, 2.45) is 5.41 Å². The van der Waals surface area contributed by atoms with Crippen molar-refractivity contribution in [3.63, 3.8) is 0 Å². The molecule has 0 aromatic carbocycles. The van der Waals surface area contributed by atoms with Crippen LogP contribution in [-0.2, 0) is 4.79 Å². The molecule has 0 bridgehead atoms. The highest BCUT2D eigenvalue weighted by Crippen LogP contribution is 2.23. The summed E-state index contributed by atoms with van der Waals surface area (Å²) in [5.74, 6) is -1.50. The van der Waals surface area contributed by atoms with Crippen LogP contribution in [0.3, 0.4) is 0 Å². The van der Waals surface area contributed by atoms with Crippen molar-refractivity contribution < 1.29 is 19.6 Å². The van der Waals surface area contributed by atoms with E-state index in [1.807, 2.05) is 0 Å². The van der Waals surface area contributed by atoms with Crippen LogP contribution in [-0.4, -0.2) is 28.5 Å². The van der Waals surface area contributed by atoms with Crippen molar-refractivity contribution in [1.29, 1.82) is 0 Å². The van der Waals surface area contributed by atoms with E-state index in [2.05, 4.69) is 5.32 Å². The summed E-state index contributed by atoms with van der Waals surface area (Å²) < 4.78 is 0. The Morgan fingerprint density at radius 2 is 2.21 bits per heavy atom. The smallest absolute Gasteiger partial charge is 0.324 e. The average Bonchev–Trinajstić information content (AvgIpc) is 2.85. The fourth-order valence-electron chi connectivity index (χ4n) is 1.27. The summed E-state index contributed by atoms with van der Waals surface area (Å²) in [6.45, 7) is 3.22. The Bertz CT molecular complexity index is 513. The van der Waals surface area contributed by atoms with Crippen molar-refractivity contribution in [2.75, 3.05) is 6.54 Å². The molecule has 1 heterocycles. The molecule has 0 aliphatic heterocycles. The van der Waals surface area contributed by atoms with Crippen LogP contribution in [0.4, 0.5) is 5.00 Å². The van der Waals surface area contributed by atoms with Gasteiger partial charge in [-0.15, -0.1) is 0 Å². The summed E-state index contributed by atoms with van der Waals surface area (Å²) in [5, 5.41) is 23.3. The number of hydrogen-bond acceptors (Lipinski definition) is 5. The van der Waals surface area contributed by atoms with Crippen LogP contribution in [0.5, 0.6) is 0 Å². The molecule has 8 heteroatoms. The third-order valence-corrected chi connectivity index (χ3v) is 3.84. The molecule has 7 nitrogen and oxygen atoms in total. The number of carbonyl (C=O) groups excluding carboxylic acids is 1. The predicted molar refractivity (Wildman–Crippen MR) is 69.3 cm³/mol. The van der Waals surface area contributed by atoms with E-state index in [1.54, 1.807) is 6.92 Å². The number of aliphatic carboxylic acids is 1. The number of amides is 1. The molecule has 0 saturated carbocycles. The summed E-state index contributed by atoms with van der Waals surface area (Å²) >= 11 is 0.855. The first kappa shape index (κ1) is 15.1. The van der Waals surface area contributed by atoms with E-state index in [9.17, 15) is 19.7 Å². The lowest BCUT2D eigenvalue weighted by Crippen LogP contribution is -2.40. The zero-order chi connectivity index (χ0) is 14.6. The van der Waals surface area contributed by atoms with E-state index < -0.39 is 22.2 Å². The topological polar surface area (TPSA) is 110 Å². The van der Waals surface area contributed by atoms with Gasteiger partial charge in [0.25, 0.3) is 5.91 Å². The van der Waals surface area contributed by atoms with Gasteiger partial charge in [0.1, 0.15) is 0 Å². The number of nitro groups is 1. The molecular weight excluding hydrogens is 272 g/mol. The van der Waals surface area contributed by atoms with Gasteiger partial charge in [-0.3, -0.25) is 19.7 Å². The molecule has 1 aromatic rings. The summed E-state index contributed by atoms with van der Waals surface area (Å²) in [7, 11) is 0. The van der Waals surface area contributed by atoms with Gasteiger partial charge < -0.3 is 10.4 Å². The van der Waals surface area contributed by atoms with Crippen LogP contribution in [0.2, 0.25) is 0 Å². The molecule has 0 aliphatic rings. The van der Waals surface area contributed by atoms with Crippen LogP contribution in [0.15, 0.2) is 11.4 Å². The fraction of sp³-hybridized carbons (Fsp3) is 0.455. The minimum absolute atomic E-state index is 0.0265. The number of hydrogen-bond donors (Lipinski definition) is 2. The number of nitrogens with zero attached hydrogens (tertiary/aromatic N) is 1. The van der Waals surface area contributed by atoms with E-state index in [1.165, 1.54) is 18.4 Å². The third-order valence-electron chi connectivity index (χ3n) is 2.96. The molecule has 0 radical (unpaired) electrons. The summed E-state index contributed by atoms with van der Waals surface area (Å²) in [5.41, 5.74) is -0.877. The van der Waals surface area contributed by atoms with Crippen molar-refractivity contribution in [3.8, 4) is 0 Å². The molecule has 0 spiro atoms. The molecule has 0 saturated heterocycles. The van der Waals surface area contributed by atoms with E-state index in [0.717, 1.165) is 11.3 Å². The maximum atomic E-state index is 11.7. The maximum Gasteiger partial charge on any atom is 0.324 e. The molecule has 2 N–H and O–H groups in total. The van der Waals surface area contributed by atoms with E-state index in [0.29, 0.717) is 6.42 Å². The third kappa shape index (κ3) is 3.50. The molecule has 19 heavy (non-hydrogen) atoms. The second kappa shape index (κ2) is 5.79. The lowest BCUT2D eigenvalue weighted by molar-refractivity contribution is -0.380. The largest absolute Gasteiger partial charge is 0.481 e. The van der Waals surface area contributed by atoms with Gasteiger partial charge in [-0.25, -0.2) is 0 Å². The molecule has 0 fully saturated rings. The minimum atomic E-state index is -1.04. The zero-order valence-electron chi connectivity index (χ0n) is 10.5. The van der Waals surface area contributed by atoms with Crippen LogP contribution in [0.1, 0.15) is 30.6 Å². The molecule has 0 aliphatic carbocycles. The van der Waals surface area contributed by atoms with Gasteiger partial charge in [0.15, 0.2) is 0 Å². The van der Waals surface area contributed by atoms with Gasteiger partial charge in [0.2, 0.25) is 0 Å². The molecule has 1 rings (SSSR count). The Morgan fingerprint density at radius 3 is 2.63 bits per heavy atom. The summed E-state index contributed by atoms with van der Waals surface area (Å²) in [6, 6.07) is 1.17. The monoisotopic (exact) mass is 286 g/mol. The van der Waals surface area contributed by atoms with Gasteiger partial charge in [-0.05, 0) is 13.3 Å². The lowest BCUT2D eigenvalue weighted by Gasteiger charge is -2.22. The number of carboxylic acids is 1. The standard InChI is InChI=1S/C11H14N2O5S/c1-3-11(2,10(15)16)6-12-9(14)7-4-8(13(17)18)19-5-7/h4-5H,3,6H2,1-2H3,(H,12,14)(H,15,16). The second-order valence-electron chi connectivity index (χ2n) is 4.33. The molecule has 1 amide bonds.